The molecule has 0 aliphatic heterocycles. The third kappa shape index (κ3) is 7.14. The van der Waals surface area contributed by atoms with Crippen molar-refractivity contribution in [2.24, 2.45) is 0 Å². The summed E-state index contributed by atoms with van der Waals surface area (Å²) in [5, 5.41) is 23.8. The van der Waals surface area contributed by atoms with E-state index in [2.05, 4.69) is 31.2 Å². The van der Waals surface area contributed by atoms with E-state index in [4.69, 9.17) is 14.2 Å². The number of nitrogens with zero attached hydrogens (tertiary/aromatic N) is 5. The number of benzene rings is 2. The zero-order chi connectivity index (χ0) is 27.8. The number of carbonyl (C=O) groups is 2. The lowest BCUT2D eigenvalue weighted by Crippen LogP contribution is -2.21. The SMILES string of the molecule is CCOC(=O)CNc1nc(Oc2cccc(C(=O)N(C)C)c2)nc(Oc2cc(Br)cc(C#N)c2)c1[N+](=O)[O-]. The average Bonchev–Trinajstić information content (AvgIpc) is 2.86. The van der Waals surface area contributed by atoms with Gasteiger partial charge in [0.15, 0.2) is 0 Å². The summed E-state index contributed by atoms with van der Waals surface area (Å²) in [6.45, 7) is 1.29. The van der Waals surface area contributed by atoms with Crippen LogP contribution in [0.25, 0.3) is 0 Å². The smallest absolute Gasteiger partial charge is 0.373 e. The van der Waals surface area contributed by atoms with E-state index >= 15 is 0 Å². The van der Waals surface area contributed by atoms with Crippen molar-refractivity contribution in [2.45, 2.75) is 6.92 Å². The Hall–Kier alpha value is -4.77. The van der Waals surface area contributed by atoms with Crippen LogP contribution < -0.4 is 14.8 Å². The van der Waals surface area contributed by atoms with E-state index in [-0.39, 0.29) is 41.4 Å². The van der Waals surface area contributed by atoms with Gasteiger partial charge in [-0.1, -0.05) is 22.0 Å². The summed E-state index contributed by atoms with van der Waals surface area (Å²) in [4.78, 5) is 44.9. The Kier molecular flexibility index (Phi) is 9.12. The largest absolute Gasteiger partial charge is 0.465 e. The van der Waals surface area contributed by atoms with Crippen molar-refractivity contribution in [3.8, 4) is 29.5 Å². The van der Waals surface area contributed by atoms with Gasteiger partial charge in [0.05, 0.1) is 23.2 Å². The second-order valence-electron chi connectivity index (χ2n) is 7.64. The van der Waals surface area contributed by atoms with Crippen LogP contribution in [0.5, 0.6) is 23.4 Å². The number of rotatable bonds is 10. The molecule has 196 valence electrons. The molecule has 0 fully saturated rings. The minimum Gasteiger partial charge on any atom is -0.465 e. The van der Waals surface area contributed by atoms with Crippen molar-refractivity contribution in [3.63, 3.8) is 0 Å². The Balaban J connectivity index is 2.08. The number of nitrogens with one attached hydrogen (secondary N) is 1. The number of halogens is 1. The second-order valence-corrected chi connectivity index (χ2v) is 8.56. The Morgan fingerprint density at radius 3 is 2.58 bits per heavy atom. The maximum Gasteiger partial charge on any atom is 0.373 e. The molecule has 1 N–H and O–H groups in total. The summed E-state index contributed by atoms with van der Waals surface area (Å²) in [5.74, 6) is -1.61. The van der Waals surface area contributed by atoms with E-state index in [0.29, 0.717) is 10.0 Å². The van der Waals surface area contributed by atoms with Crippen molar-refractivity contribution in [1.29, 1.82) is 5.26 Å². The van der Waals surface area contributed by atoms with Gasteiger partial charge in [-0.15, -0.1) is 0 Å². The first kappa shape index (κ1) is 27.8. The van der Waals surface area contributed by atoms with E-state index < -0.39 is 29.0 Å². The van der Waals surface area contributed by atoms with Gasteiger partial charge in [0, 0.05) is 24.1 Å². The molecule has 3 aromatic rings. The molecule has 0 unspecified atom stereocenters. The highest BCUT2D eigenvalue weighted by molar-refractivity contribution is 9.10. The van der Waals surface area contributed by atoms with Crippen LogP contribution in [0, 0.1) is 21.4 Å². The molecule has 0 saturated carbocycles. The molecule has 0 bridgehead atoms. The molecule has 1 heterocycles. The first-order valence-electron chi connectivity index (χ1n) is 10.9. The lowest BCUT2D eigenvalue weighted by atomic mass is 10.2. The number of nitro groups is 1. The van der Waals surface area contributed by atoms with Crippen molar-refractivity contribution < 1.29 is 28.7 Å². The fourth-order valence-corrected chi connectivity index (χ4v) is 3.51. The predicted octanol–water partition coefficient (Wildman–Crippen LogP) is 4.28. The highest BCUT2D eigenvalue weighted by Crippen LogP contribution is 2.38. The average molecular weight is 585 g/mol. The van der Waals surface area contributed by atoms with E-state index in [1.807, 2.05) is 6.07 Å². The molecular weight excluding hydrogens is 564 g/mol. The van der Waals surface area contributed by atoms with Crippen LogP contribution in [0.3, 0.4) is 0 Å². The summed E-state index contributed by atoms with van der Waals surface area (Å²) in [5.41, 5.74) is -0.132. The van der Waals surface area contributed by atoms with E-state index in [0.717, 1.165) is 0 Å². The van der Waals surface area contributed by atoms with Crippen LogP contribution in [0.1, 0.15) is 22.8 Å². The molecule has 2 aromatic carbocycles. The number of hydrogen-bond donors (Lipinski definition) is 1. The maximum absolute atomic E-state index is 12.3. The molecule has 0 radical (unpaired) electrons. The van der Waals surface area contributed by atoms with Crippen molar-refractivity contribution in [2.75, 3.05) is 32.6 Å². The number of anilines is 1. The maximum atomic E-state index is 12.3. The van der Waals surface area contributed by atoms with Crippen LogP contribution >= 0.6 is 15.9 Å². The van der Waals surface area contributed by atoms with E-state index in [1.54, 1.807) is 33.2 Å². The fourth-order valence-electron chi connectivity index (χ4n) is 3.04. The van der Waals surface area contributed by atoms with E-state index in [1.165, 1.54) is 35.2 Å². The summed E-state index contributed by atoms with van der Waals surface area (Å²) in [6.07, 6.45) is 0. The van der Waals surface area contributed by atoms with Crippen molar-refractivity contribution in [3.05, 3.63) is 68.2 Å². The van der Waals surface area contributed by atoms with Gasteiger partial charge in [-0.25, -0.2) is 0 Å². The number of esters is 1. The lowest BCUT2D eigenvalue weighted by molar-refractivity contribution is -0.385. The van der Waals surface area contributed by atoms with Gasteiger partial charge in [0.1, 0.15) is 18.0 Å². The molecule has 3 rings (SSSR count). The van der Waals surface area contributed by atoms with Crippen LogP contribution in [-0.2, 0) is 9.53 Å². The number of hydrogen-bond acceptors (Lipinski definition) is 11. The van der Waals surface area contributed by atoms with Gasteiger partial charge < -0.3 is 24.4 Å². The number of aromatic nitrogens is 2. The van der Waals surface area contributed by atoms with Gasteiger partial charge in [0.2, 0.25) is 5.82 Å². The minimum absolute atomic E-state index is 0.0681. The topological polar surface area (TPSA) is 170 Å². The Morgan fingerprint density at radius 2 is 1.92 bits per heavy atom. The first-order chi connectivity index (χ1) is 18.1. The van der Waals surface area contributed by atoms with Gasteiger partial charge in [-0.2, -0.15) is 15.2 Å². The summed E-state index contributed by atoms with van der Waals surface area (Å²) in [6, 6.07) is 12.1. The number of nitriles is 1. The Morgan fingerprint density at radius 1 is 1.16 bits per heavy atom. The summed E-state index contributed by atoms with van der Waals surface area (Å²) < 4.78 is 16.8. The monoisotopic (exact) mass is 584 g/mol. The highest BCUT2D eigenvalue weighted by atomic mass is 79.9. The standard InChI is InChI=1S/C24H21BrN6O7/c1-4-36-19(32)13-27-21-20(31(34)35)22(37-18-9-14(12-26)8-16(25)11-18)29-24(28-21)38-17-7-5-6-15(10-17)23(33)30(2)3/h5-11H,4,13H2,1-3H3,(H,27,28,29). The van der Waals surface area contributed by atoms with Gasteiger partial charge in [-0.05, 0) is 43.3 Å². The highest BCUT2D eigenvalue weighted by Gasteiger charge is 2.29. The lowest BCUT2D eigenvalue weighted by Gasteiger charge is -2.13. The quantitative estimate of drug-likeness (QED) is 0.205. The normalized spacial score (nSPS) is 10.2. The zero-order valence-electron chi connectivity index (χ0n) is 20.4. The van der Waals surface area contributed by atoms with Crippen molar-refractivity contribution in [1.82, 2.24) is 14.9 Å². The molecule has 0 saturated heterocycles. The van der Waals surface area contributed by atoms with Gasteiger partial charge in [-0.3, -0.25) is 19.7 Å². The molecule has 0 spiro atoms. The molecule has 13 nitrogen and oxygen atoms in total. The molecule has 0 aliphatic rings. The zero-order valence-corrected chi connectivity index (χ0v) is 22.0. The van der Waals surface area contributed by atoms with Crippen LogP contribution in [0.4, 0.5) is 11.5 Å². The Bertz CT molecular complexity index is 1420. The summed E-state index contributed by atoms with van der Waals surface area (Å²) >= 11 is 3.25. The number of amides is 1. The molecular formula is C24H21BrN6O7. The number of ether oxygens (including phenoxy) is 3. The molecule has 14 heteroatoms. The molecule has 1 amide bonds. The van der Waals surface area contributed by atoms with E-state index in [9.17, 15) is 25.0 Å². The fraction of sp³-hybridized carbons (Fsp3) is 0.208. The van der Waals surface area contributed by atoms with Gasteiger partial charge >= 0.3 is 23.5 Å². The van der Waals surface area contributed by atoms with Gasteiger partial charge in [0.25, 0.3) is 5.91 Å². The minimum atomic E-state index is -0.786. The molecule has 38 heavy (non-hydrogen) atoms. The molecule has 1 aromatic heterocycles. The van der Waals surface area contributed by atoms with Crippen molar-refractivity contribution >= 4 is 39.3 Å². The Labute approximate surface area is 225 Å². The molecule has 0 aliphatic carbocycles. The first-order valence-corrected chi connectivity index (χ1v) is 11.7. The van der Waals surface area contributed by atoms with Crippen LogP contribution in [0.2, 0.25) is 0 Å². The molecule has 0 atom stereocenters. The summed E-state index contributed by atoms with van der Waals surface area (Å²) in [7, 11) is 3.19. The third-order valence-corrected chi connectivity index (χ3v) is 5.09. The number of carbonyl (C=O) groups excluding carboxylic acids is 2. The van der Waals surface area contributed by atoms with Crippen LogP contribution in [0.15, 0.2) is 46.9 Å². The predicted molar refractivity (Wildman–Crippen MR) is 137 cm³/mol. The van der Waals surface area contributed by atoms with Crippen LogP contribution in [-0.4, -0.2) is 58.9 Å². The third-order valence-electron chi connectivity index (χ3n) is 4.63. The second kappa shape index (κ2) is 12.5.